The van der Waals surface area contributed by atoms with Crippen molar-refractivity contribution >= 4 is 17.6 Å². The van der Waals surface area contributed by atoms with Crippen LogP contribution in [-0.4, -0.2) is 44.3 Å². The standard InChI is InChI=1S/C23H24N2O5/c24-13-5-14-25(19-6-2-1-3-7-19)22(26)17-30-23(27)18-9-11-20(12-10-18)29-16-21-8-4-15-28-21/h1-3,6-7,9-12,21H,4-5,8,14-17H2/t21-/m1/s1. The molecule has 7 nitrogen and oxygen atoms in total. The topological polar surface area (TPSA) is 88.9 Å². The van der Waals surface area contributed by atoms with E-state index in [1.54, 1.807) is 48.5 Å². The van der Waals surface area contributed by atoms with Crippen LogP contribution in [0.5, 0.6) is 5.75 Å². The van der Waals surface area contributed by atoms with E-state index in [-0.39, 0.29) is 25.0 Å². The van der Waals surface area contributed by atoms with Gasteiger partial charge < -0.3 is 19.1 Å². The maximum atomic E-state index is 12.6. The van der Waals surface area contributed by atoms with Crippen LogP contribution in [-0.2, 0) is 14.3 Å². The lowest BCUT2D eigenvalue weighted by molar-refractivity contribution is -0.121. The molecule has 1 atom stereocenters. The van der Waals surface area contributed by atoms with Gasteiger partial charge in [-0.2, -0.15) is 5.26 Å². The van der Waals surface area contributed by atoms with Gasteiger partial charge >= 0.3 is 5.97 Å². The second kappa shape index (κ2) is 11.0. The summed E-state index contributed by atoms with van der Waals surface area (Å²) in [6.07, 6.45) is 2.35. The molecule has 1 amide bonds. The molecular formula is C23H24N2O5. The first-order valence-electron chi connectivity index (χ1n) is 9.91. The number of para-hydroxylation sites is 1. The number of amides is 1. The number of nitrogens with zero attached hydrogens (tertiary/aromatic N) is 2. The Kier molecular flexibility index (Phi) is 7.81. The first-order chi connectivity index (χ1) is 14.7. The van der Waals surface area contributed by atoms with E-state index >= 15 is 0 Å². The second-order valence-electron chi connectivity index (χ2n) is 6.84. The van der Waals surface area contributed by atoms with Gasteiger partial charge in [-0.05, 0) is 49.2 Å². The van der Waals surface area contributed by atoms with E-state index in [1.165, 1.54) is 4.90 Å². The average molecular weight is 408 g/mol. The van der Waals surface area contributed by atoms with E-state index in [2.05, 4.69) is 0 Å². The van der Waals surface area contributed by atoms with E-state index in [1.807, 2.05) is 12.1 Å². The zero-order valence-corrected chi connectivity index (χ0v) is 16.7. The summed E-state index contributed by atoms with van der Waals surface area (Å²) in [5, 5.41) is 8.84. The Labute approximate surface area is 175 Å². The molecule has 1 aliphatic rings. The molecular weight excluding hydrogens is 384 g/mol. The van der Waals surface area contributed by atoms with E-state index in [4.69, 9.17) is 19.5 Å². The van der Waals surface area contributed by atoms with Crippen LogP contribution < -0.4 is 9.64 Å². The fourth-order valence-electron chi connectivity index (χ4n) is 3.11. The summed E-state index contributed by atoms with van der Waals surface area (Å²) >= 11 is 0. The number of anilines is 1. The van der Waals surface area contributed by atoms with Crippen LogP contribution in [0.25, 0.3) is 0 Å². The van der Waals surface area contributed by atoms with Crippen molar-refractivity contribution in [3.05, 3.63) is 60.2 Å². The van der Waals surface area contributed by atoms with E-state index in [0.29, 0.717) is 23.6 Å². The highest BCUT2D eigenvalue weighted by molar-refractivity contribution is 5.97. The normalized spacial score (nSPS) is 15.2. The molecule has 7 heteroatoms. The van der Waals surface area contributed by atoms with Crippen LogP contribution in [0.15, 0.2) is 54.6 Å². The zero-order valence-electron chi connectivity index (χ0n) is 16.7. The lowest BCUT2D eigenvalue weighted by atomic mass is 10.2. The number of hydrogen-bond acceptors (Lipinski definition) is 6. The Hall–Kier alpha value is -3.37. The van der Waals surface area contributed by atoms with Crippen molar-refractivity contribution in [3.63, 3.8) is 0 Å². The molecule has 2 aromatic rings. The minimum atomic E-state index is -0.595. The molecule has 0 aromatic heterocycles. The highest BCUT2D eigenvalue weighted by Crippen LogP contribution is 2.18. The Bertz CT molecular complexity index is 871. The summed E-state index contributed by atoms with van der Waals surface area (Å²) in [6.45, 7) is 1.08. The molecule has 0 unspecified atom stereocenters. The minimum absolute atomic E-state index is 0.120. The summed E-state index contributed by atoms with van der Waals surface area (Å²) in [7, 11) is 0. The molecule has 1 saturated heterocycles. The molecule has 0 bridgehead atoms. The highest BCUT2D eigenvalue weighted by Gasteiger charge is 2.19. The molecule has 2 aromatic carbocycles. The van der Waals surface area contributed by atoms with Crippen LogP contribution >= 0.6 is 0 Å². The number of carbonyl (C=O) groups is 2. The van der Waals surface area contributed by atoms with Crippen LogP contribution in [0.4, 0.5) is 5.69 Å². The SMILES string of the molecule is N#CCCN(C(=O)COC(=O)c1ccc(OC[C@H]2CCCO2)cc1)c1ccccc1. The summed E-state index contributed by atoms with van der Waals surface area (Å²) < 4.78 is 16.4. The van der Waals surface area contributed by atoms with Crippen molar-refractivity contribution in [2.24, 2.45) is 0 Å². The highest BCUT2D eigenvalue weighted by atomic mass is 16.5. The zero-order chi connectivity index (χ0) is 21.2. The fraction of sp³-hybridized carbons (Fsp3) is 0.348. The number of ether oxygens (including phenoxy) is 3. The Morgan fingerprint density at radius 3 is 2.57 bits per heavy atom. The van der Waals surface area contributed by atoms with E-state index in [0.717, 1.165) is 19.4 Å². The molecule has 0 N–H and O–H groups in total. The third kappa shape index (κ3) is 6.06. The lowest BCUT2D eigenvalue weighted by Gasteiger charge is -2.21. The van der Waals surface area contributed by atoms with Crippen molar-refractivity contribution in [2.45, 2.75) is 25.4 Å². The maximum Gasteiger partial charge on any atom is 0.338 e. The largest absolute Gasteiger partial charge is 0.491 e. The first-order valence-corrected chi connectivity index (χ1v) is 9.91. The van der Waals surface area contributed by atoms with Gasteiger partial charge in [-0.25, -0.2) is 4.79 Å². The molecule has 1 fully saturated rings. The van der Waals surface area contributed by atoms with Gasteiger partial charge in [-0.3, -0.25) is 4.79 Å². The van der Waals surface area contributed by atoms with Gasteiger partial charge in [-0.15, -0.1) is 0 Å². The predicted molar refractivity (Wildman–Crippen MR) is 110 cm³/mol. The molecule has 1 heterocycles. The van der Waals surface area contributed by atoms with Crippen molar-refractivity contribution in [3.8, 4) is 11.8 Å². The summed E-state index contributed by atoms with van der Waals surface area (Å²) in [4.78, 5) is 26.3. The van der Waals surface area contributed by atoms with Crippen LogP contribution in [0, 0.1) is 11.3 Å². The summed E-state index contributed by atoms with van der Waals surface area (Å²) in [5.74, 6) is -0.339. The number of rotatable bonds is 9. The summed E-state index contributed by atoms with van der Waals surface area (Å²) in [6, 6.07) is 17.6. The Balaban J connectivity index is 1.51. The second-order valence-corrected chi connectivity index (χ2v) is 6.84. The molecule has 3 rings (SSSR count). The van der Waals surface area contributed by atoms with Crippen molar-refractivity contribution in [1.82, 2.24) is 0 Å². The van der Waals surface area contributed by atoms with Gasteiger partial charge in [0.2, 0.25) is 0 Å². The Morgan fingerprint density at radius 1 is 1.13 bits per heavy atom. The Morgan fingerprint density at radius 2 is 1.90 bits per heavy atom. The first kappa shape index (κ1) is 21.3. The van der Waals surface area contributed by atoms with Gasteiger partial charge in [0.1, 0.15) is 12.4 Å². The van der Waals surface area contributed by atoms with Gasteiger partial charge in [0.15, 0.2) is 6.61 Å². The minimum Gasteiger partial charge on any atom is -0.491 e. The van der Waals surface area contributed by atoms with Crippen LogP contribution in [0.2, 0.25) is 0 Å². The molecule has 156 valence electrons. The third-order valence-electron chi connectivity index (χ3n) is 4.69. The number of carbonyl (C=O) groups excluding carboxylic acids is 2. The molecule has 0 radical (unpaired) electrons. The number of esters is 1. The van der Waals surface area contributed by atoms with Crippen LogP contribution in [0.1, 0.15) is 29.6 Å². The number of hydrogen-bond donors (Lipinski definition) is 0. The molecule has 1 aliphatic heterocycles. The van der Waals surface area contributed by atoms with Gasteiger partial charge in [0.05, 0.1) is 24.2 Å². The fourth-order valence-corrected chi connectivity index (χ4v) is 3.11. The molecule has 0 spiro atoms. The monoisotopic (exact) mass is 408 g/mol. The average Bonchev–Trinajstić information content (AvgIpc) is 3.31. The quantitative estimate of drug-likeness (QED) is 0.591. The molecule has 30 heavy (non-hydrogen) atoms. The third-order valence-corrected chi connectivity index (χ3v) is 4.69. The number of nitriles is 1. The van der Waals surface area contributed by atoms with Gasteiger partial charge in [0.25, 0.3) is 5.91 Å². The van der Waals surface area contributed by atoms with Crippen molar-refractivity contribution in [2.75, 3.05) is 31.3 Å². The van der Waals surface area contributed by atoms with E-state index < -0.39 is 12.6 Å². The predicted octanol–water partition coefficient (Wildman–Crippen LogP) is 3.35. The summed E-state index contributed by atoms with van der Waals surface area (Å²) in [5.41, 5.74) is 0.983. The van der Waals surface area contributed by atoms with Crippen molar-refractivity contribution in [1.29, 1.82) is 5.26 Å². The smallest absolute Gasteiger partial charge is 0.338 e. The molecule has 0 aliphatic carbocycles. The van der Waals surface area contributed by atoms with Crippen molar-refractivity contribution < 1.29 is 23.8 Å². The van der Waals surface area contributed by atoms with Gasteiger partial charge in [-0.1, -0.05) is 18.2 Å². The number of benzene rings is 2. The molecule has 0 saturated carbocycles. The van der Waals surface area contributed by atoms with E-state index in [9.17, 15) is 9.59 Å². The maximum absolute atomic E-state index is 12.6. The lowest BCUT2D eigenvalue weighted by Crippen LogP contribution is -2.35. The van der Waals surface area contributed by atoms with Crippen LogP contribution in [0.3, 0.4) is 0 Å². The van der Waals surface area contributed by atoms with Gasteiger partial charge in [0, 0.05) is 18.8 Å².